The maximum absolute atomic E-state index is 10.6. The van der Waals surface area contributed by atoms with Gasteiger partial charge in [0.05, 0.1) is 0 Å². The van der Waals surface area contributed by atoms with Gasteiger partial charge in [0.15, 0.2) is 0 Å². The Balaban J connectivity index is 3.34. The monoisotopic (exact) mass is 360 g/mol. The minimum absolute atomic E-state index is 0.176. The molecule has 0 aromatic carbocycles. The van der Waals surface area contributed by atoms with E-state index in [4.69, 9.17) is 0 Å². The first-order valence-electron chi connectivity index (χ1n) is 8.86. The van der Waals surface area contributed by atoms with E-state index < -0.39 is 0 Å². The number of carbonyl (C=O) groups excluding carboxylic acids is 2. The Labute approximate surface area is 152 Å². The fourth-order valence-corrected chi connectivity index (χ4v) is 4.41. The zero-order chi connectivity index (χ0) is 17.6. The summed E-state index contributed by atoms with van der Waals surface area (Å²) in [4.78, 5) is 21.1. The van der Waals surface area contributed by atoms with Gasteiger partial charge in [-0.1, -0.05) is 27.7 Å². The molecule has 0 bridgehead atoms. The van der Waals surface area contributed by atoms with Crippen molar-refractivity contribution in [2.45, 2.75) is 72.6 Å². The maximum atomic E-state index is 10.6. The molecule has 0 saturated heterocycles. The fraction of sp³-hybridized carbons (Fsp3) is 0.895. The van der Waals surface area contributed by atoms with Crippen molar-refractivity contribution in [1.82, 2.24) is 0 Å². The second-order valence-corrected chi connectivity index (χ2v) is 10.3. The van der Waals surface area contributed by atoms with Crippen LogP contribution in [0.5, 0.6) is 0 Å². The van der Waals surface area contributed by atoms with E-state index in [1.54, 1.807) is 0 Å². The lowest BCUT2D eigenvalue weighted by Gasteiger charge is -2.21. The average Bonchev–Trinajstić information content (AvgIpc) is 2.44. The number of aldehydes is 2. The minimum atomic E-state index is 0.176. The summed E-state index contributed by atoms with van der Waals surface area (Å²) in [5, 5.41) is 0. The molecule has 0 spiro atoms. The topological polar surface area (TPSA) is 34.1 Å². The molecule has 136 valence electrons. The standard InChI is InChI=1S/C19H36O2S2/c1-18(2,10-12-20)8-5-14-22-16-7-17-23-15-6-9-19(3,4)11-13-21/h12-13H,5-11,14-17H2,1-4H3. The number of hydrogen-bond acceptors (Lipinski definition) is 4. The lowest BCUT2D eigenvalue weighted by molar-refractivity contribution is -0.110. The molecule has 2 nitrogen and oxygen atoms in total. The molecule has 0 unspecified atom stereocenters. The Bertz CT molecular complexity index is 284. The van der Waals surface area contributed by atoms with Gasteiger partial charge in [-0.05, 0) is 65.9 Å². The van der Waals surface area contributed by atoms with Gasteiger partial charge in [0.2, 0.25) is 0 Å². The van der Waals surface area contributed by atoms with Crippen LogP contribution in [0.1, 0.15) is 72.6 Å². The van der Waals surface area contributed by atoms with Gasteiger partial charge in [-0.15, -0.1) is 0 Å². The van der Waals surface area contributed by atoms with Crippen molar-refractivity contribution in [1.29, 1.82) is 0 Å². The molecule has 0 radical (unpaired) electrons. The van der Waals surface area contributed by atoms with Crippen LogP contribution in [0.3, 0.4) is 0 Å². The molecule has 0 aromatic heterocycles. The Kier molecular flexibility index (Phi) is 13.4. The van der Waals surface area contributed by atoms with Crippen LogP contribution in [0.2, 0.25) is 0 Å². The Morgan fingerprint density at radius 3 is 1.35 bits per heavy atom. The molecular weight excluding hydrogens is 324 g/mol. The number of carbonyl (C=O) groups is 2. The zero-order valence-electron chi connectivity index (χ0n) is 15.6. The van der Waals surface area contributed by atoms with Crippen LogP contribution in [0.15, 0.2) is 0 Å². The molecular formula is C19H36O2S2. The van der Waals surface area contributed by atoms with Crippen molar-refractivity contribution < 1.29 is 9.59 Å². The van der Waals surface area contributed by atoms with Gasteiger partial charge in [-0.25, -0.2) is 0 Å². The van der Waals surface area contributed by atoms with Crippen molar-refractivity contribution >= 4 is 36.1 Å². The van der Waals surface area contributed by atoms with E-state index in [0.717, 1.165) is 25.4 Å². The van der Waals surface area contributed by atoms with Crippen LogP contribution in [-0.4, -0.2) is 35.6 Å². The largest absolute Gasteiger partial charge is 0.303 e. The van der Waals surface area contributed by atoms with E-state index in [1.807, 2.05) is 23.5 Å². The molecule has 0 saturated carbocycles. The third-order valence-corrected chi connectivity index (χ3v) is 6.44. The average molecular weight is 361 g/mol. The van der Waals surface area contributed by atoms with Crippen LogP contribution in [0.25, 0.3) is 0 Å². The highest BCUT2D eigenvalue weighted by molar-refractivity contribution is 8.00. The lowest BCUT2D eigenvalue weighted by atomic mass is 9.85. The van der Waals surface area contributed by atoms with Gasteiger partial charge in [-0.3, -0.25) is 0 Å². The molecule has 0 aromatic rings. The van der Waals surface area contributed by atoms with Gasteiger partial charge in [0.1, 0.15) is 12.6 Å². The quantitative estimate of drug-likeness (QED) is 0.264. The first kappa shape index (κ1) is 23.0. The molecule has 0 rings (SSSR count). The summed E-state index contributed by atoms with van der Waals surface area (Å²) in [7, 11) is 0. The minimum Gasteiger partial charge on any atom is -0.303 e. The summed E-state index contributed by atoms with van der Waals surface area (Å²) in [6, 6.07) is 0. The Hall–Kier alpha value is 0.0400. The van der Waals surface area contributed by atoms with Crippen LogP contribution in [0, 0.1) is 10.8 Å². The molecule has 4 heteroatoms. The van der Waals surface area contributed by atoms with Crippen LogP contribution in [-0.2, 0) is 9.59 Å². The normalized spacial score (nSPS) is 12.3. The highest BCUT2D eigenvalue weighted by atomic mass is 32.2. The number of rotatable bonds is 16. The molecule has 0 fully saturated rings. The molecule has 0 aliphatic rings. The molecule has 0 aliphatic heterocycles. The van der Waals surface area contributed by atoms with E-state index in [2.05, 4.69) is 27.7 Å². The summed E-state index contributed by atoms with van der Waals surface area (Å²) in [6.45, 7) is 8.72. The van der Waals surface area contributed by atoms with Crippen LogP contribution < -0.4 is 0 Å². The predicted octanol–water partition coefficient (Wildman–Crippen LogP) is 5.63. The Morgan fingerprint density at radius 2 is 1.00 bits per heavy atom. The molecule has 0 N–H and O–H groups in total. The third-order valence-electron chi connectivity index (χ3n) is 4.13. The molecule has 0 heterocycles. The van der Waals surface area contributed by atoms with Crippen LogP contribution >= 0.6 is 23.5 Å². The molecule has 0 amide bonds. The molecule has 0 atom stereocenters. The van der Waals surface area contributed by atoms with E-state index in [9.17, 15) is 9.59 Å². The summed E-state index contributed by atoms with van der Waals surface area (Å²) >= 11 is 4.09. The van der Waals surface area contributed by atoms with Gasteiger partial charge in [0.25, 0.3) is 0 Å². The van der Waals surface area contributed by atoms with Gasteiger partial charge in [-0.2, -0.15) is 23.5 Å². The molecule has 0 aliphatic carbocycles. The summed E-state index contributed by atoms with van der Waals surface area (Å²) in [5.41, 5.74) is 0.353. The summed E-state index contributed by atoms with van der Waals surface area (Å²) in [5.74, 6) is 4.93. The fourth-order valence-electron chi connectivity index (χ4n) is 2.43. The second-order valence-electron chi connectivity index (χ2n) is 7.86. The molecule has 23 heavy (non-hydrogen) atoms. The summed E-state index contributed by atoms with van der Waals surface area (Å²) < 4.78 is 0. The SMILES string of the molecule is CC(C)(CC=O)CCCSCCCSCCCC(C)(C)CC=O. The van der Waals surface area contributed by atoms with E-state index in [1.165, 1.54) is 42.3 Å². The van der Waals surface area contributed by atoms with E-state index in [-0.39, 0.29) is 10.8 Å². The van der Waals surface area contributed by atoms with Crippen molar-refractivity contribution in [3.63, 3.8) is 0 Å². The third kappa shape index (κ3) is 15.3. The highest BCUT2D eigenvalue weighted by Gasteiger charge is 2.16. The lowest BCUT2D eigenvalue weighted by Crippen LogP contribution is -2.12. The zero-order valence-corrected chi connectivity index (χ0v) is 17.2. The first-order valence-corrected chi connectivity index (χ1v) is 11.2. The van der Waals surface area contributed by atoms with Crippen molar-refractivity contribution in [3.8, 4) is 0 Å². The van der Waals surface area contributed by atoms with Crippen LogP contribution in [0.4, 0.5) is 0 Å². The van der Waals surface area contributed by atoms with Crippen molar-refractivity contribution in [2.24, 2.45) is 10.8 Å². The van der Waals surface area contributed by atoms with E-state index >= 15 is 0 Å². The van der Waals surface area contributed by atoms with Crippen molar-refractivity contribution in [2.75, 3.05) is 23.0 Å². The Morgan fingerprint density at radius 1 is 0.652 bits per heavy atom. The smallest absolute Gasteiger partial charge is 0.120 e. The number of hydrogen-bond donors (Lipinski definition) is 0. The maximum Gasteiger partial charge on any atom is 0.120 e. The predicted molar refractivity (Wildman–Crippen MR) is 107 cm³/mol. The van der Waals surface area contributed by atoms with Gasteiger partial charge in [0, 0.05) is 12.8 Å². The summed E-state index contributed by atoms with van der Waals surface area (Å²) in [6.07, 6.45) is 9.44. The van der Waals surface area contributed by atoms with Gasteiger partial charge >= 0.3 is 0 Å². The number of thioether (sulfide) groups is 2. The van der Waals surface area contributed by atoms with Crippen molar-refractivity contribution in [3.05, 3.63) is 0 Å². The first-order chi connectivity index (χ1) is 10.8. The second kappa shape index (κ2) is 13.3. The van der Waals surface area contributed by atoms with Gasteiger partial charge < -0.3 is 9.59 Å². The highest BCUT2D eigenvalue weighted by Crippen LogP contribution is 2.27. The van der Waals surface area contributed by atoms with E-state index in [0.29, 0.717) is 12.8 Å².